The molecule has 1 heterocycles. The van der Waals surface area contributed by atoms with E-state index >= 15 is 0 Å². The molecule has 0 radical (unpaired) electrons. The van der Waals surface area contributed by atoms with Gasteiger partial charge in [-0.2, -0.15) is 0 Å². The van der Waals surface area contributed by atoms with Crippen molar-refractivity contribution in [3.63, 3.8) is 0 Å². The van der Waals surface area contributed by atoms with Crippen molar-refractivity contribution in [3.8, 4) is 11.5 Å². The first kappa shape index (κ1) is 12.4. The highest BCUT2D eigenvalue weighted by atomic mass is 79.9. The van der Waals surface area contributed by atoms with E-state index in [-0.39, 0.29) is 0 Å². The maximum absolute atomic E-state index is 5.38. The summed E-state index contributed by atoms with van der Waals surface area (Å²) in [5, 5.41) is 3.43. The Morgan fingerprint density at radius 3 is 2.84 bits per heavy atom. The SMILES string of the molecule is Cc1ccc(Br)cc1NCc1ccc2c(c1)OCO2. The smallest absolute Gasteiger partial charge is 0.231 e. The Morgan fingerprint density at radius 1 is 1.11 bits per heavy atom. The Balaban J connectivity index is 1.74. The lowest BCUT2D eigenvalue weighted by atomic mass is 10.1. The molecule has 19 heavy (non-hydrogen) atoms. The Kier molecular flexibility index (Phi) is 3.34. The quantitative estimate of drug-likeness (QED) is 0.924. The first-order chi connectivity index (χ1) is 9.22. The Hall–Kier alpha value is -1.68. The number of halogens is 1. The fraction of sp³-hybridized carbons (Fsp3) is 0.200. The molecule has 1 N–H and O–H groups in total. The Labute approximate surface area is 120 Å². The minimum absolute atomic E-state index is 0.316. The van der Waals surface area contributed by atoms with Crippen LogP contribution in [0, 0.1) is 6.92 Å². The summed E-state index contributed by atoms with van der Waals surface area (Å²) >= 11 is 3.49. The third kappa shape index (κ3) is 2.68. The van der Waals surface area contributed by atoms with Crippen molar-refractivity contribution >= 4 is 21.6 Å². The van der Waals surface area contributed by atoms with Gasteiger partial charge in [-0.3, -0.25) is 0 Å². The first-order valence-electron chi connectivity index (χ1n) is 6.11. The molecule has 0 fully saturated rings. The molecule has 3 rings (SSSR count). The van der Waals surface area contributed by atoms with E-state index in [4.69, 9.17) is 9.47 Å². The molecule has 0 bridgehead atoms. The summed E-state index contributed by atoms with van der Waals surface area (Å²) in [6.07, 6.45) is 0. The molecule has 98 valence electrons. The van der Waals surface area contributed by atoms with E-state index in [2.05, 4.69) is 40.3 Å². The molecule has 0 spiro atoms. The van der Waals surface area contributed by atoms with E-state index in [0.29, 0.717) is 6.79 Å². The average molecular weight is 320 g/mol. The van der Waals surface area contributed by atoms with Gasteiger partial charge in [0.05, 0.1) is 0 Å². The van der Waals surface area contributed by atoms with Crippen LogP contribution in [0.1, 0.15) is 11.1 Å². The molecule has 0 unspecified atom stereocenters. The van der Waals surface area contributed by atoms with Gasteiger partial charge < -0.3 is 14.8 Å². The van der Waals surface area contributed by atoms with Crippen LogP contribution in [0.5, 0.6) is 11.5 Å². The highest BCUT2D eigenvalue weighted by molar-refractivity contribution is 9.10. The van der Waals surface area contributed by atoms with Gasteiger partial charge in [0.1, 0.15) is 0 Å². The summed E-state index contributed by atoms with van der Waals surface area (Å²) in [5.41, 5.74) is 3.53. The number of benzene rings is 2. The summed E-state index contributed by atoms with van der Waals surface area (Å²) in [5.74, 6) is 1.65. The van der Waals surface area contributed by atoms with Crippen molar-refractivity contribution in [2.45, 2.75) is 13.5 Å². The van der Waals surface area contributed by atoms with Crippen LogP contribution < -0.4 is 14.8 Å². The van der Waals surface area contributed by atoms with Crippen LogP contribution in [0.25, 0.3) is 0 Å². The number of hydrogen-bond acceptors (Lipinski definition) is 3. The van der Waals surface area contributed by atoms with Gasteiger partial charge in [-0.05, 0) is 42.3 Å². The number of hydrogen-bond donors (Lipinski definition) is 1. The maximum Gasteiger partial charge on any atom is 0.231 e. The van der Waals surface area contributed by atoms with E-state index in [9.17, 15) is 0 Å². The van der Waals surface area contributed by atoms with Crippen molar-refractivity contribution in [1.29, 1.82) is 0 Å². The molecule has 0 atom stereocenters. The van der Waals surface area contributed by atoms with Crippen LogP contribution >= 0.6 is 15.9 Å². The number of anilines is 1. The number of ether oxygens (including phenoxy) is 2. The summed E-state index contributed by atoms with van der Waals surface area (Å²) in [6.45, 7) is 3.17. The van der Waals surface area contributed by atoms with Crippen molar-refractivity contribution in [2.24, 2.45) is 0 Å². The molecule has 2 aromatic rings. The first-order valence-corrected chi connectivity index (χ1v) is 6.90. The predicted octanol–water partition coefficient (Wildman–Crippen LogP) is 4.10. The highest BCUT2D eigenvalue weighted by Crippen LogP contribution is 2.32. The standard InChI is InChI=1S/C15H14BrNO2/c1-10-2-4-12(16)7-13(10)17-8-11-3-5-14-15(6-11)19-9-18-14/h2-7,17H,8-9H2,1H3. The van der Waals surface area contributed by atoms with Crippen LogP contribution in [0.3, 0.4) is 0 Å². The lowest BCUT2D eigenvalue weighted by Gasteiger charge is -2.10. The Bertz CT molecular complexity index is 613. The molecule has 4 heteroatoms. The summed E-state index contributed by atoms with van der Waals surface area (Å²) in [6, 6.07) is 12.2. The van der Waals surface area contributed by atoms with Gasteiger partial charge in [0.15, 0.2) is 11.5 Å². The zero-order valence-electron chi connectivity index (χ0n) is 10.6. The van der Waals surface area contributed by atoms with Gasteiger partial charge >= 0.3 is 0 Å². The van der Waals surface area contributed by atoms with Crippen molar-refractivity contribution in [3.05, 3.63) is 52.0 Å². The summed E-state index contributed by atoms with van der Waals surface area (Å²) in [7, 11) is 0. The summed E-state index contributed by atoms with van der Waals surface area (Å²) < 4.78 is 11.8. The largest absolute Gasteiger partial charge is 0.454 e. The minimum atomic E-state index is 0.316. The van der Waals surface area contributed by atoms with Crippen LogP contribution in [-0.4, -0.2) is 6.79 Å². The maximum atomic E-state index is 5.38. The van der Waals surface area contributed by atoms with Gasteiger partial charge in [-0.15, -0.1) is 0 Å². The number of nitrogens with one attached hydrogen (secondary N) is 1. The lowest BCUT2D eigenvalue weighted by Crippen LogP contribution is -2.01. The van der Waals surface area contributed by atoms with E-state index in [0.717, 1.165) is 28.2 Å². The van der Waals surface area contributed by atoms with Gasteiger partial charge in [0, 0.05) is 16.7 Å². The van der Waals surface area contributed by atoms with Gasteiger partial charge in [-0.25, -0.2) is 0 Å². The molecule has 2 aromatic carbocycles. The molecular formula is C15H14BrNO2. The predicted molar refractivity (Wildman–Crippen MR) is 78.8 cm³/mol. The molecule has 0 aliphatic carbocycles. The molecule has 0 aromatic heterocycles. The van der Waals surface area contributed by atoms with Gasteiger partial charge in [0.2, 0.25) is 6.79 Å². The molecular weight excluding hydrogens is 306 g/mol. The van der Waals surface area contributed by atoms with Gasteiger partial charge in [0.25, 0.3) is 0 Å². The normalized spacial score (nSPS) is 12.5. The zero-order valence-corrected chi connectivity index (χ0v) is 12.2. The number of rotatable bonds is 3. The zero-order chi connectivity index (χ0) is 13.2. The fourth-order valence-corrected chi connectivity index (χ4v) is 2.39. The minimum Gasteiger partial charge on any atom is -0.454 e. The second-order valence-electron chi connectivity index (χ2n) is 4.50. The second kappa shape index (κ2) is 5.13. The number of fused-ring (bicyclic) bond motifs is 1. The lowest BCUT2D eigenvalue weighted by molar-refractivity contribution is 0.174. The van der Waals surface area contributed by atoms with Crippen LogP contribution in [0.4, 0.5) is 5.69 Å². The van der Waals surface area contributed by atoms with Crippen molar-refractivity contribution < 1.29 is 9.47 Å². The number of aryl methyl sites for hydroxylation is 1. The van der Waals surface area contributed by atoms with E-state index < -0.39 is 0 Å². The molecule has 0 amide bonds. The van der Waals surface area contributed by atoms with Crippen LogP contribution in [-0.2, 0) is 6.54 Å². The molecule has 0 saturated carbocycles. The monoisotopic (exact) mass is 319 g/mol. The second-order valence-corrected chi connectivity index (χ2v) is 5.42. The molecule has 0 saturated heterocycles. The third-order valence-corrected chi connectivity index (χ3v) is 3.61. The van der Waals surface area contributed by atoms with E-state index in [1.165, 1.54) is 11.1 Å². The van der Waals surface area contributed by atoms with Crippen molar-refractivity contribution in [1.82, 2.24) is 0 Å². The average Bonchev–Trinajstić information content (AvgIpc) is 2.87. The van der Waals surface area contributed by atoms with Gasteiger partial charge in [-0.1, -0.05) is 28.1 Å². The fourth-order valence-electron chi connectivity index (χ4n) is 2.03. The van der Waals surface area contributed by atoms with Crippen LogP contribution in [0.2, 0.25) is 0 Å². The summed E-state index contributed by atoms with van der Waals surface area (Å²) in [4.78, 5) is 0. The highest BCUT2D eigenvalue weighted by Gasteiger charge is 2.13. The molecule has 1 aliphatic heterocycles. The Morgan fingerprint density at radius 2 is 1.95 bits per heavy atom. The topological polar surface area (TPSA) is 30.5 Å². The third-order valence-electron chi connectivity index (χ3n) is 3.12. The van der Waals surface area contributed by atoms with Crippen LogP contribution in [0.15, 0.2) is 40.9 Å². The van der Waals surface area contributed by atoms with E-state index in [1.807, 2.05) is 24.3 Å². The van der Waals surface area contributed by atoms with E-state index in [1.54, 1.807) is 0 Å². The molecule has 1 aliphatic rings. The molecule has 3 nitrogen and oxygen atoms in total. The van der Waals surface area contributed by atoms with Crippen molar-refractivity contribution in [2.75, 3.05) is 12.1 Å².